The van der Waals surface area contributed by atoms with Crippen molar-refractivity contribution in [1.82, 2.24) is 4.98 Å². The third-order valence-electron chi connectivity index (χ3n) is 3.23. The molecule has 0 spiro atoms. The number of carbonyl (C=O) groups excluding carboxylic acids is 1. The average molecular weight is 400 g/mol. The largest absolute Gasteiger partial charge is 0.273 e. The average Bonchev–Trinajstić information content (AvgIpc) is 3.06. The van der Waals surface area contributed by atoms with Gasteiger partial charge in [0, 0.05) is 22.3 Å². The van der Waals surface area contributed by atoms with Crippen LogP contribution in [-0.4, -0.2) is 17.1 Å². The summed E-state index contributed by atoms with van der Waals surface area (Å²) in [6, 6.07) is 17.5. The number of hydrazone groups is 1. The minimum Gasteiger partial charge on any atom is -0.273 e. The first-order chi connectivity index (χ1) is 11.6. The highest BCUT2D eigenvalue weighted by molar-refractivity contribution is 9.10. The van der Waals surface area contributed by atoms with E-state index >= 15 is 0 Å². The fraction of sp³-hybridized carbons (Fsp3) is 0.0556. The maximum atomic E-state index is 11.9. The number of aromatic nitrogens is 1. The zero-order valence-electron chi connectivity index (χ0n) is 12.9. The Morgan fingerprint density at radius 3 is 2.54 bits per heavy atom. The van der Waals surface area contributed by atoms with Gasteiger partial charge in [0.25, 0.3) is 0 Å². The Kier molecular flexibility index (Phi) is 5.17. The number of rotatable bonds is 4. The van der Waals surface area contributed by atoms with Crippen molar-refractivity contribution in [3.63, 3.8) is 0 Å². The predicted octanol–water partition coefficient (Wildman–Crippen LogP) is 4.96. The van der Waals surface area contributed by atoms with Gasteiger partial charge in [-0.3, -0.25) is 4.79 Å². The van der Waals surface area contributed by atoms with Gasteiger partial charge in [0.15, 0.2) is 0 Å². The molecule has 0 atom stereocenters. The number of benzene rings is 2. The van der Waals surface area contributed by atoms with E-state index in [4.69, 9.17) is 0 Å². The number of halogens is 1. The van der Waals surface area contributed by atoms with Gasteiger partial charge in [0.1, 0.15) is 0 Å². The van der Waals surface area contributed by atoms with E-state index in [2.05, 4.69) is 26.0 Å². The van der Waals surface area contributed by atoms with Crippen LogP contribution in [0.5, 0.6) is 0 Å². The van der Waals surface area contributed by atoms with Crippen molar-refractivity contribution in [2.24, 2.45) is 5.10 Å². The Hall–Kier alpha value is -2.31. The molecule has 4 nitrogen and oxygen atoms in total. The Morgan fingerprint density at radius 1 is 1.17 bits per heavy atom. The summed E-state index contributed by atoms with van der Waals surface area (Å²) in [5.41, 5.74) is 2.74. The van der Waals surface area contributed by atoms with Crippen molar-refractivity contribution in [1.29, 1.82) is 0 Å². The van der Waals surface area contributed by atoms with Gasteiger partial charge in [-0.25, -0.2) is 4.98 Å². The van der Waals surface area contributed by atoms with Crippen molar-refractivity contribution in [2.75, 3.05) is 5.01 Å². The normalized spacial score (nSPS) is 10.9. The number of hydrogen-bond donors (Lipinski definition) is 0. The molecule has 3 aromatic rings. The van der Waals surface area contributed by atoms with Crippen LogP contribution in [0.3, 0.4) is 0 Å². The maximum absolute atomic E-state index is 11.9. The minimum atomic E-state index is -0.182. The summed E-state index contributed by atoms with van der Waals surface area (Å²) >= 11 is 4.81. The number of anilines is 1. The van der Waals surface area contributed by atoms with Gasteiger partial charge in [-0.15, -0.1) is 11.3 Å². The lowest BCUT2D eigenvalue weighted by Crippen LogP contribution is -2.22. The molecule has 0 unspecified atom stereocenters. The van der Waals surface area contributed by atoms with Crippen LogP contribution < -0.4 is 5.01 Å². The Morgan fingerprint density at radius 2 is 1.88 bits per heavy atom. The van der Waals surface area contributed by atoms with E-state index in [1.807, 2.05) is 60.0 Å². The first kappa shape index (κ1) is 16.5. The fourth-order valence-corrected chi connectivity index (χ4v) is 3.14. The minimum absolute atomic E-state index is 0.182. The first-order valence-corrected chi connectivity index (χ1v) is 8.92. The molecule has 120 valence electrons. The van der Waals surface area contributed by atoms with Crippen LogP contribution >= 0.6 is 27.3 Å². The predicted molar refractivity (Wildman–Crippen MR) is 102 cm³/mol. The van der Waals surface area contributed by atoms with Gasteiger partial charge in [-0.05, 0) is 17.7 Å². The Bertz CT molecular complexity index is 859. The van der Waals surface area contributed by atoms with Crippen LogP contribution in [0.2, 0.25) is 0 Å². The maximum Gasteiger partial charge on any atom is 0.246 e. The van der Waals surface area contributed by atoms with E-state index in [1.54, 1.807) is 6.21 Å². The van der Waals surface area contributed by atoms with E-state index in [-0.39, 0.29) is 5.91 Å². The molecule has 2 aromatic carbocycles. The van der Waals surface area contributed by atoms with Gasteiger partial charge < -0.3 is 0 Å². The number of amides is 1. The van der Waals surface area contributed by atoms with Crippen LogP contribution in [0.25, 0.3) is 11.3 Å². The molecule has 3 rings (SSSR count). The zero-order chi connectivity index (χ0) is 16.9. The van der Waals surface area contributed by atoms with Crippen molar-refractivity contribution in [3.8, 4) is 11.3 Å². The molecule has 0 N–H and O–H groups in total. The molecule has 0 bridgehead atoms. The highest BCUT2D eigenvalue weighted by Crippen LogP contribution is 2.28. The summed E-state index contributed by atoms with van der Waals surface area (Å²) in [7, 11) is 0. The summed E-state index contributed by atoms with van der Waals surface area (Å²) < 4.78 is 1.01. The molecule has 0 saturated heterocycles. The summed E-state index contributed by atoms with van der Waals surface area (Å²) in [6.07, 6.45) is 1.65. The molecule has 0 fully saturated rings. The molecule has 24 heavy (non-hydrogen) atoms. The molecule has 1 amide bonds. The van der Waals surface area contributed by atoms with Crippen LogP contribution in [0, 0.1) is 0 Å². The van der Waals surface area contributed by atoms with Crippen LogP contribution in [0.15, 0.2) is 69.6 Å². The second kappa shape index (κ2) is 7.51. The molecule has 1 heterocycles. The lowest BCUT2D eigenvalue weighted by atomic mass is 10.2. The summed E-state index contributed by atoms with van der Waals surface area (Å²) in [5.74, 6) is -0.182. The lowest BCUT2D eigenvalue weighted by Gasteiger charge is -2.10. The van der Waals surface area contributed by atoms with E-state index in [0.717, 1.165) is 21.3 Å². The molecule has 0 radical (unpaired) electrons. The highest BCUT2D eigenvalue weighted by atomic mass is 79.9. The second-order valence-corrected chi connectivity index (χ2v) is 6.76. The van der Waals surface area contributed by atoms with Crippen molar-refractivity contribution in [3.05, 3.63) is 70.0 Å². The number of thiazole rings is 1. The van der Waals surface area contributed by atoms with Crippen molar-refractivity contribution in [2.45, 2.75) is 6.92 Å². The van der Waals surface area contributed by atoms with Gasteiger partial charge in [0.05, 0.1) is 11.9 Å². The summed E-state index contributed by atoms with van der Waals surface area (Å²) in [4.78, 5) is 16.5. The first-order valence-electron chi connectivity index (χ1n) is 7.24. The molecule has 6 heteroatoms. The lowest BCUT2D eigenvalue weighted by molar-refractivity contribution is -0.116. The van der Waals surface area contributed by atoms with Gasteiger partial charge in [-0.1, -0.05) is 58.4 Å². The molecular formula is C18H14BrN3OS. The third kappa shape index (κ3) is 3.96. The standard InChI is InChI=1S/C18H14BrN3OS/c1-13(23)22(20-11-14-5-3-2-4-6-14)18-21-17(12-24-18)15-7-9-16(19)10-8-15/h2-12H,1H3/b20-11-. The number of hydrogen-bond acceptors (Lipinski definition) is 4. The topological polar surface area (TPSA) is 45.6 Å². The van der Waals surface area contributed by atoms with E-state index in [9.17, 15) is 4.79 Å². The van der Waals surface area contributed by atoms with Crippen LogP contribution in [0.1, 0.15) is 12.5 Å². The third-order valence-corrected chi connectivity index (χ3v) is 4.58. The molecule has 0 aliphatic heterocycles. The smallest absolute Gasteiger partial charge is 0.246 e. The van der Waals surface area contributed by atoms with Crippen molar-refractivity contribution < 1.29 is 4.79 Å². The summed E-state index contributed by atoms with van der Waals surface area (Å²) in [6.45, 7) is 1.48. The molecule has 1 aromatic heterocycles. The molecule has 0 aliphatic carbocycles. The summed E-state index contributed by atoms with van der Waals surface area (Å²) in [5, 5.41) is 8.08. The molecule has 0 saturated carbocycles. The molecular weight excluding hydrogens is 386 g/mol. The van der Waals surface area contributed by atoms with Gasteiger partial charge in [-0.2, -0.15) is 10.1 Å². The quantitative estimate of drug-likeness (QED) is 0.459. The van der Waals surface area contributed by atoms with E-state index in [0.29, 0.717) is 5.13 Å². The van der Waals surface area contributed by atoms with Crippen molar-refractivity contribution >= 4 is 44.5 Å². The fourth-order valence-electron chi connectivity index (χ4n) is 2.04. The monoisotopic (exact) mass is 399 g/mol. The van der Waals surface area contributed by atoms with E-state index in [1.165, 1.54) is 23.3 Å². The van der Waals surface area contributed by atoms with Crippen LogP contribution in [0.4, 0.5) is 5.13 Å². The van der Waals surface area contributed by atoms with Crippen LogP contribution in [-0.2, 0) is 4.79 Å². The SMILES string of the molecule is CC(=O)N(/N=C\c1ccccc1)c1nc(-c2ccc(Br)cc2)cs1. The number of nitrogens with zero attached hydrogens (tertiary/aromatic N) is 3. The second-order valence-electron chi connectivity index (χ2n) is 5.01. The Labute approximate surface area is 152 Å². The highest BCUT2D eigenvalue weighted by Gasteiger charge is 2.15. The van der Waals surface area contributed by atoms with Gasteiger partial charge in [0.2, 0.25) is 11.0 Å². The molecule has 0 aliphatic rings. The Balaban J connectivity index is 1.86. The number of carbonyl (C=O) groups is 1. The van der Waals surface area contributed by atoms with Gasteiger partial charge >= 0.3 is 0 Å². The zero-order valence-corrected chi connectivity index (χ0v) is 15.3. The van der Waals surface area contributed by atoms with E-state index < -0.39 is 0 Å².